The first-order valence-electron chi connectivity index (χ1n) is 7.34. The largest absolute Gasteiger partial charge is 0.378 e. The van der Waals surface area contributed by atoms with E-state index in [0.29, 0.717) is 23.2 Å². The quantitative estimate of drug-likeness (QED) is 0.892. The number of aromatic nitrogens is 1. The van der Waals surface area contributed by atoms with Crippen molar-refractivity contribution >= 4 is 16.8 Å². The van der Waals surface area contributed by atoms with Crippen LogP contribution in [-0.4, -0.2) is 29.6 Å². The zero-order chi connectivity index (χ0) is 14.6. The molecule has 2 N–H and O–H groups in total. The fraction of sp³-hybridized carbons (Fsp3) is 0.438. The van der Waals surface area contributed by atoms with Gasteiger partial charge >= 0.3 is 0 Å². The molecule has 5 heteroatoms. The third kappa shape index (κ3) is 1.87. The second-order valence-electron chi connectivity index (χ2n) is 5.96. The number of amides is 1. The van der Waals surface area contributed by atoms with E-state index in [4.69, 9.17) is 4.74 Å². The molecule has 2 fully saturated rings. The van der Waals surface area contributed by atoms with Crippen LogP contribution in [0.1, 0.15) is 28.9 Å². The van der Waals surface area contributed by atoms with Gasteiger partial charge in [0.2, 0.25) is 0 Å². The first kappa shape index (κ1) is 12.8. The molecule has 2 aliphatic rings. The molecule has 1 amide bonds. The minimum absolute atomic E-state index is 0.154. The number of halogens is 1. The molecular weight excluding hydrogens is 271 g/mol. The molecular formula is C16H17FN2O2. The van der Waals surface area contributed by atoms with Gasteiger partial charge in [0, 0.05) is 24.0 Å². The number of H-pyrrole nitrogens is 1. The molecule has 0 bridgehead atoms. The maximum Gasteiger partial charge on any atom is 0.268 e. The van der Waals surface area contributed by atoms with Gasteiger partial charge in [-0.25, -0.2) is 4.39 Å². The van der Waals surface area contributed by atoms with Crippen LogP contribution < -0.4 is 5.32 Å². The SMILES string of the molecule is Cc1c(C(=O)N[C@@H]2C[C@H]3OCC[C@@H]23)[nH]c2c(F)cccc12. The first-order valence-corrected chi connectivity index (χ1v) is 7.34. The van der Waals surface area contributed by atoms with Crippen LogP contribution in [0.25, 0.3) is 10.9 Å². The van der Waals surface area contributed by atoms with Crippen molar-refractivity contribution in [2.75, 3.05) is 6.61 Å². The Balaban J connectivity index is 1.60. The third-order valence-corrected chi connectivity index (χ3v) is 4.85. The minimum Gasteiger partial charge on any atom is -0.378 e. The summed E-state index contributed by atoms with van der Waals surface area (Å²) in [5.41, 5.74) is 1.65. The van der Waals surface area contributed by atoms with E-state index in [1.807, 2.05) is 13.0 Å². The first-order chi connectivity index (χ1) is 10.1. The maximum atomic E-state index is 13.8. The van der Waals surface area contributed by atoms with E-state index in [9.17, 15) is 9.18 Å². The number of para-hydroxylation sites is 1. The molecule has 2 heterocycles. The highest BCUT2D eigenvalue weighted by Gasteiger charge is 2.45. The van der Waals surface area contributed by atoms with E-state index in [0.717, 1.165) is 30.4 Å². The lowest BCUT2D eigenvalue weighted by atomic mass is 9.76. The molecule has 0 radical (unpaired) electrons. The number of aromatic amines is 1. The molecule has 21 heavy (non-hydrogen) atoms. The van der Waals surface area contributed by atoms with Crippen molar-refractivity contribution in [3.8, 4) is 0 Å². The van der Waals surface area contributed by atoms with Crippen molar-refractivity contribution < 1.29 is 13.9 Å². The summed E-state index contributed by atoms with van der Waals surface area (Å²) in [6.07, 6.45) is 2.21. The van der Waals surface area contributed by atoms with Crippen molar-refractivity contribution in [3.05, 3.63) is 35.3 Å². The van der Waals surface area contributed by atoms with Crippen LogP contribution in [0.3, 0.4) is 0 Å². The fourth-order valence-electron chi connectivity index (χ4n) is 3.55. The van der Waals surface area contributed by atoms with E-state index in [1.165, 1.54) is 6.07 Å². The van der Waals surface area contributed by atoms with Crippen LogP contribution in [0, 0.1) is 18.7 Å². The van der Waals surface area contributed by atoms with Crippen molar-refractivity contribution in [2.45, 2.75) is 31.9 Å². The van der Waals surface area contributed by atoms with Gasteiger partial charge in [-0.3, -0.25) is 4.79 Å². The summed E-state index contributed by atoms with van der Waals surface area (Å²) in [5.74, 6) is -0.0450. The Morgan fingerprint density at radius 1 is 1.48 bits per heavy atom. The van der Waals surface area contributed by atoms with Crippen molar-refractivity contribution in [1.29, 1.82) is 0 Å². The summed E-state index contributed by atoms with van der Waals surface area (Å²) in [6, 6.07) is 5.06. The Morgan fingerprint density at radius 2 is 2.33 bits per heavy atom. The Hall–Kier alpha value is -1.88. The van der Waals surface area contributed by atoms with E-state index in [1.54, 1.807) is 6.07 Å². The molecule has 1 aliphatic heterocycles. The Labute approximate surface area is 121 Å². The lowest BCUT2D eigenvalue weighted by Gasteiger charge is -2.39. The van der Waals surface area contributed by atoms with Gasteiger partial charge < -0.3 is 15.0 Å². The molecule has 1 aliphatic carbocycles. The molecule has 1 saturated heterocycles. The van der Waals surface area contributed by atoms with Gasteiger partial charge in [0.15, 0.2) is 0 Å². The summed E-state index contributed by atoms with van der Waals surface area (Å²) < 4.78 is 19.3. The third-order valence-electron chi connectivity index (χ3n) is 4.85. The molecule has 1 saturated carbocycles. The van der Waals surface area contributed by atoms with E-state index >= 15 is 0 Å². The lowest BCUT2D eigenvalue weighted by molar-refractivity contribution is 0.00803. The van der Waals surface area contributed by atoms with Gasteiger partial charge in [0.05, 0.1) is 11.6 Å². The molecule has 0 spiro atoms. The highest BCUT2D eigenvalue weighted by Crippen LogP contribution is 2.38. The molecule has 1 aromatic carbocycles. The fourth-order valence-corrected chi connectivity index (χ4v) is 3.55. The Morgan fingerprint density at radius 3 is 3.10 bits per heavy atom. The number of carbonyl (C=O) groups excluding carboxylic acids is 1. The van der Waals surface area contributed by atoms with E-state index in [2.05, 4.69) is 10.3 Å². The maximum absolute atomic E-state index is 13.8. The van der Waals surface area contributed by atoms with Crippen molar-refractivity contribution in [2.24, 2.45) is 5.92 Å². The number of aryl methyl sites for hydroxylation is 1. The second kappa shape index (κ2) is 4.56. The number of ether oxygens (including phenoxy) is 1. The highest BCUT2D eigenvalue weighted by atomic mass is 19.1. The number of hydrogen-bond donors (Lipinski definition) is 2. The normalized spacial score (nSPS) is 27.4. The number of benzene rings is 1. The zero-order valence-electron chi connectivity index (χ0n) is 11.8. The van der Waals surface area contributed by atoms with Gasteiger partial charge in [0.25, 0.3) is 5.91 Å². The van der Waals surface area contributed by atoms with Crippen molar-refractivity contribution in [3.63, 3.8) is 0 Å². The Bertz CT molecular complexity index is 724. The number of nitrogens with one attached hydrogen (secondary N) is 2. The minimum atomic E-state index is -0.331. The topological polar surface area (TPSA) is 54.1 Å². The van der Waals surface area contributed by atoms with E-state index in [-0.39, 0.29) is 17.8 Å². The zero-order valence-corrected chi connectivity index (χ0v) is 11.8. The predicted octanol–water partition coefficient (Wildman–Crippen LogP) is 2.52. The number of carbonyl (C=O) groups is 1. The van der Waals surface area contributed by atoms with Gasteiger partial charge in [0.1, 0.15) is 11.5 Å². The van der Waals surface area contributed by atoms with Gasteiger partial charge in [-0.05, 0) is 31.4 Å². The van der Waals surface area contributed by atoms with Gasteiger partial charge in [-0.2, -0.15) is 0 Å². The van der Waals surface area contributed by atoms with Crippen LogP contribution in [0.2, 0.25) is 0 Å². The number of rotatable bonds is 2. The van der Waals surface area contributed by atoms with Crippen LogP contribution in [0.4, 0.5) is 4.39 Å². The van der Waals surface area contributed by atoms with Crippen LogP contribution in [-0.2, 0) is 4.74 Å². The molecule has 3 atom stereocenters. The molecule has 1 aromatic heterocycles. The van der Waals surface area contributed by atoms with Crippen LogP contribution >= 0.6 is 0 Å². The van der Waals surface area contributed by atoms with Gasteiger partial charge in [-0.15, -0.1) is 0 Å². The summed E-state index contributed by atoms with van der Waals surface area (Å²) in [5, 5.41) is 3.81. The average Bonchev–Trinajstić information content (AvgIpc) is 2.99. The molecule has 2 aromatic rings. The van der Waals surface area contributed by atoms with Crippen LogP contribution in [0.5, 0.6) is 0 Å². The van der Waals surface area contributed by atoms with Crippen LogP contribution in [0.15, 0.2) is 18.2 Å². The number of fused-ring (bicyclic) bond motifs is 2. The lowest BCUT2D eigenvalue weighted by Crippen LogP contribution is -2.53. The molecule has 4 nitrogen and oxygen atoms in total. The average molecular weight is 288 g/mol. The summed E-state index contributed by atoms with van der Waals surface area (Å²) in [7, 11) is 0. The standard InChI is InChI=1S/C16H17FN2O2/c1-8-9-3-2-4-11(17)15(9)19-14(8)16(20)18-12-7-13-10(12)5-6-21-13/h2-4,10,12-13,19H,5-7H2,1H3,(H,18,20)/t10-,12+,13+/m0/s1. The van der Waals surface area contributed by atoms with Crippen molar-refractivity contribution in [1.82, 2.24) is 10.3 Å². The number of hydrogen-bond acceptors (Lipinski definition) is 2. The second-order valence-corrected chi connectivity index (χ2v) is 5.96. The predicted molar refractivity (Wildman–Crippen MR) is 76.7 cm³/mol. The molecule has 110 valence electrons. The summed E-state index contributed by atoms with van der Waals surface area (Å²) in [6.45, 7) is 2.63. The Kier molecular flexibility index (Phi) is 2.79. The smallest absolute Gasteiger partial charge is 0.268 e. The van der Waals surface area contributed by atoms with E-state index < -0.39 is 0 Å². The highest BCUT2D eigenvalue weighted by molar-refractivity contribution is 6.01. The van der Waals surface area contributed by atoms with Gasteiger partial charge in [-0.1, -0.05) is 12.1 Å². The monoisotopic (exact) mass is 288 g/mol. The molecule has 4 rings (SSSR count). The summed E-state index contributed by atoms with van der Waals surface area (Å²) in [4.78, 5) is 15.4. The molecule has 0 unspecified atom stereocenters. The summed E-state index contributed by atoms with van der Waals surface area (Å²) >= 11 is 0.